The van der Waals surface area contributed by atoms with Crippen LogP contribution in [0.4, 0.5) is 4.79 Å². The minimum absolute atomic E-state index is 0.130. The molecular formula is C19H23N3O4. The van der Waals surface area contributed by atoms with Gasteiger partial charge in [-0.2, -0.15) is 0 Å². The summed E-state index contributed by atoms with van der Waals surface area (Å²) in [7, 11) is 0. The first-order chi connectivity index (χ1) is 12.2. The van der Waals surface area contributed by atoms with Crippen LogP contribution in [0.15, 0.2) is 30.5 Å². The van der Waals surface area contributed by atoms with Gasteiger partial charge in [-0.25, -0.2) is 4.79 Å². The zero-order chi connectivity index (χ0) is 19.1. The van der Waals surface area contributed by atoms with E-state index in [9.17, 15) is 14.4 Å². The van der Waals surface area contributed by atoms with Crippen LogP contribution in [0.1, 0.15) is 42.8 Å². The largest absolute Gasteiger partial charge is 0.444 e. The molecular weight excluding hydrogens is 334 g/mol. The SMILES string of the molecule is CC(=O)n1cc(C(=O)NC2CN(C(=O)OC(C)(C)C)C2)c2ccccc21. The highest BCUT2D eigenvalue weighted by atomic mass is 16.6. The van der Waals surface area contributed by atoms with E-state index in [2.05, 4.69) is 5.32 Å². The van der Waals surface area contributed by atoms with Crippen molar-refractivity contribution >= 4 is 28.8 Å². The highest BCUT2D eigenvalue weighted by molar-refractivity contribution is 6.09. The van der Waals surface area contributed by atoms with Gasteiger partial charge in [-0.15, -0.1) is 0 Å². The van der Waals surface area contributed by atoms with Gasteiger partial charge in [0.15, 0.2) is 0 Å². The first kappa shape index (κ1) is 18.0. The smallest absolute Gasteiger partial charge is 0.410 e. The van der Waals surface area contributed by atoms with E-state index in [1.165, 1.54) is 11.5 Å². The summed E-state index contributed by atoms with van der Waals surface area (Å²) in [4.78, 5) is 37.9. The lowest BCUT2D eigenvalue weighted by Crippen LogP contribution is -2.61. The van der Waals surface area contributed by atoms with Gasteiger partial charge in [-0.3, -0.25) is 14.2 Å². The van der Waals surface area contributed by atoms with Gasteiger partial charge in [0, 0.05) is 31.6 Å². The second-order valence-corrected chi connectivity index (χ2v) is 7.50. The average Bonchev–Trinajstić information content (AvgIpc) is 2.88. The molecule has 2 aromatic rings. The molecule has 3 rings (SSSR count). The number of nitrogens with one attached hydrogen (secondary N) is 1. The van der Waals surface area contributed by atoms with Crippen LogP contribution < -0.4 is 5.32 Å². The Bertz CT molecular complexity index is 873. The fourth-order valence-electron chi connectivity index (χ4n) is 2.93. The summed E-state index contributed by atoms with van der Waals surface area (Å²) < 4.78 is 6.77. The molecule has 1 aliphatic rings. The number of aromatic nitrogens is 1. The lowest BCUT2D eigenvalue weighted by molar-refractivity contribution is 0.00533. The van der Waals surface area contributed by atoms with Gasteiger partial charge in [0.25, 0.3) is 5.91 Å². The Morgan fingerprint density at radius 2 is 1.81 bits per heavy atom. The molecule has 0 aliphatic carbocycles. The number of likely N-dealkylation sites (tertiary alicyclic amines) is 1. The number of amides is 2. The number of hydrogen-bond acceptors (Lipinski definition) is 4. The third kappa shape index (κ3) is 3.56. The molecule has 0 spiro atoms. The normalized spacial score (nSPS) is 14.8. The van der Waals surface area contributed by atoms with Crippen molar-refractivity contribution in [3.63, 3.8) is 0 Å². The highest BCUT2D eigenvalue weighted by Gasteiger charge is 2.35. The van der Waals surface area contributed by atoms with Crippen LogP contribution in [-0.2, 0) is 4.74 Å². The van der Waals surface area contributed by atoms with Crippen LogP contribution in [0.2, 0.25) is 0 Å². The molecule has 7 nitrogen and oxygen atoms in total. The fourth-order valence-corrected chi connectivity index (χ4v) is 2.93. The van der Waals surface area contributed by atoms with Gasteiger partial charge in [0.05, 0.1) is 17.1 Å². The summed E-state index contributed by atoms with van der Waals surface area (Å²) in [5.41, 5.74) is 0.612. The Hall–Kier alpha value is -2.83. The molecule has 1 fully saturated rings. The number of fused-ring (bicyclic) bond motifs is 1. The summed E-state index contributed by atoms with van der Waals surface area (Å²) in [6, 6.07) is 7.15. The molecule has 0 saturated carbocycles. The molecule has 0 atom stereocenters. The quantitative estimate of drug-likeness (QED) is 0.896. The van der Waals surface area contributed by atoms with Crippen molar-refractivity contribution in [2.75, 3.05) is 13.1 Å². The fraction of sp³-hybridized carbons (Fsp3) is 0.421. The summed E-state index contributed by atoms with van der Waals surface area (Å²) in [6.45, 7) is 7.72. The molecule has 2 amide bonds. The molecule has 2 heterocycles. The molecule has 1 aliphatic heterocycles. The molecule has 26 heavy (non-hydrogen) atoms. The minimum atomic E-state index is -0.542. The Balaban J connectivity index is 1.67. The van der Waals surface area contributed by atoms with Gasteiger partial charge < -0.3 is 15.0 Å². The molecule has 1 aromatic carbocycles. The summed E-state index contributed by atoms with van der Waals surface area (Å²) in [5.74, 6) is -0.407. The van der Waals surface area contributed by atoms with Crippen molar-refractivity contribution in [2.24, 2.45) is 0 Å². The van der Waals surface area contributed by atoms with Crippen LogP contribution in [0.25, 0.3) is 10.9 Å². The molecule has 0 bridgehead atoms. The monoisotopic (exact) mass is 357 g/mol. The standard InChI is InChI=1S/C19H23N3O4/c1-12(23)22-11-15(14-7-5-6-8-16(14)22)17(24)20-13-9-21(10-13)18(25)26-19(2,3)4/h5-8,11,13H,9-10H2,1-4H3,(H,20,24). The lowest BCUT2D eigenvalue weighted by atomic mass is 10.1. The third-order valence-electron chi connectivity index (χ3n) is 4.16. The number of carbonyl (C=O) groups excluding carboxylic acids is 3. The van der Waals surface area contributed by atoms with Crippen LogP contribution in [0, 0.1) is 0 Å². The molecule has 0 radical (unpaired) electrons. The topological polar surface area (TPSA) is 80.6 Å². The number of rotatable bonds is 2. The summed E-state index contributed by atoms with van der Waals surface area (Å²) in [5, 5.41) is 3.64. The Morgan fingerprint density at radius 3 is 2.42 bits per heavy atom. The van der Waals surface area contributed by atoms with Gasteiger partial charge in [-0.05, 0) is 26.8 Å². The van der Waals surface area contributed by atoms with Gasteiger partial charge >= 0.3 is 6.09 Å². The minimum Gasteiger partial charge on any atom is -0.444 e. The second kappa shape index (κ2) is 6.48. The van der Waals surface area contributed by atoms with Gasteiger partial charge in [0.2, 0.25) is 5.91 Å². The molecule has 0 unspecified atom stereocenters. The number of benzene rings is 1. The number of para-hydroxylation sites is 1. The highest BCUT2D eigenvalue weighted by Crippen LogP contribution is 2.22. The lowest BCUT2D eigenvalue weighted by Gasteiger charge is -2.39. The Labute approximate surface area is 151 Å². The predicted molar refractivity (Wildman–Crippen MR) is 97.3 cm³/mol. The van der Waals surface area contributed by atoms with Crippen molar-refractivity contribution in [2.45, 2.75) is 39.3 Å². The van der Waals surface area contributed by atoms with Crippen molar-refractivity contribution in [1.82, 2.24) is 14.8 Å². The summed E-state index contributed by atoms with van der Waals surface area (Å²) in [6.07, 6.45) is 1.18. The van der Waals surface area contributed by atoms with E-state index in [0.717, 1.165) is 5.39 Å². The van der Waals surface area contributed by atoms with E-state index in [4.69, 9.17) is 4.74 Å². The maximum atomic E-state index is 12.6. The number of nitrogens with zero attached hydrogens (tertiary/aromatic N) is 2. The Morgan fingerprint density at radius 1 is 1.15 bits per heavy atom. The predicted octanol–water partition coefficient (Wildman–Crippen LogP) is 2.65. The summed E-state index contributed by atoms with van der Waals surface area (Å²) >= 11 is 0. The van der Waals surface area contributed by atoms with Crippen molar-refractivity contribution in [3.8, 4) is 0 Å². The average molecular weight is 357 g/mol. The maximum absolute atomic E-state index is 12.6. The zero-order valence-electron chi connectivity index (χ0n) is 15.4. The van der Waals surface area contributed by atoms with Crippen molar-refractivity contribution < 1.29 is 19.1 Å². The van der Waals surface area contributed by atoms with Crippen LogP contribution in [-0.4, -0.2) is 52.1 Å². The number of hydrogen-bond donors (Lipinski definition) is 1. The molecule has 138 valence electrons. The molecule has 1 aromatic heterocycles. The van der Waals surface area contributed by atoms with Crippen LogP contribution in [0.5, 0.6) is 0 Å². The van der Waals surface area contributed by atoms with Crippen molar-refractivity contribution in [3.05, 3.63) is 36.0 Å². The van der Waals surface area contributed by atoms with Crippen LogP contribution in [0.3, 0.4) is 0 Å². The first-order valence-electron chi connectivity index (χ1n) is 8.55. The van der Waals surface area contributed by atoms with Crippen LogP contribution >= 0.6 is 0 Å². The molecule has 1 N–H and O–H groups in total. The Kier molecular flexibility index (Phi) is 4.48. The molecule has 1 saturated heterocycles. The second-order valence-electron chi connectivity index (χ2n) is 7.50. The van der Waals surface area contributed by atoms with E-state index in [1.54, 1.807) is 17.2 Å². The first-order valence-corrected chi connectivity index (χ1v) is 8.55. The van der Waals surface area contributed by atoms with E-state index >= 15 is 0 Å². The maximum Gasteiger partial charge on any atom is 0.410 e. The van der Waals surface area contributed by atoms with E-state index in [0.29, 0.717) is 24.2 Å². The van der Waals surface area contributed by atoms with Crippen molar-refractivity contribution in [1.29, 1.82) is 0 Å². The van der Waals surface area contributed by atoms with E-state index in [-0.39, 0.29) is 23.9 Å². The number of ether oxygens (including phenoxy) is 1. The van der Waals surface area contributed by atoms with Gasteiger partial charge in [-0.1, -0.05) is 18.2 Å². The number of carbonyl (C=O) groups is 3. The van der Waals surface area contributed by atoms with Gasteiger partial charge in [0.1, 0.15) is 5.60 Å². The van der Waals surface area contributed by atoms with E-state index in [1.807, 2.05) is 39.0 Å². The third-order valence-corrected chi connectivity index (χ3v) is 4.16. The van der Waals surface area contributed by atoms with E-state index < -0.39 is 5.60 Å². The zero-order valence-corrected chi connectivity index (χ0v) is 15.4. The molecule has 7 heteroatoms.